The zero-order valence-electron chi connectivity index (χ0n) is 32.9. The van der Waals surface area contributed by atoms with Crippen molar-refractivity contribution in [2.24, 2.45) is 0 Å². The number of aliphatic hydroxyl groups is 4. The molecule has 6 N–H and O–H groups in total. The first kappa shape index (κ1) is 39.8. The molecule has 1 saturated heterocycles. The van der Waals surface area contributed by atoms with Crippen molar-refractivity contribution in [2.45, 2.75) is 123 Å². The summed E-state index contributed by atoms with van der Waals surface area (Å²) in [5.74, 6) is 0.105. The first-order valence-electron chi connectivity index (χ1n) is 19.3. The molecule has 1 amide bonds. The fourth-order valence-electron chi connectivity index (χ4n) is 8.20. The van der Waals surface area contributed by atoms with Crippen LogP contribution in [0.25, 0.3) is 33.2 Å². The lowest BCUT2D eigenvalue weighted by Crippen LogP contribution is -2.59. The van der Waals surface area contributed by atoms with Crippen LogP contribution in [0.2, 0.25) is 0 Å². The molecule has 3 aliphatic rings. The monoisotopic (exact) mass is 743 g/mol. The van der Waals surface area contributed by atoms with E-state index in [4.69, 9.17) is 19.4 Å². The summed E-state index contributed by atoms with van der Waals surface area (Å²) >= 11 is 0. The van der Waals surface area contributed by atoms with Crippen molar-refractivity contribution in [1.82, 2.24) is 24.8 Å². The summed E-state index contributed by atoms with van der Waals surface area (Å²) in [6.45, 7) is 15.2. The van der Waals surface area contributed by atoms with E-state index >= 15 is 0 Å². The third-order valence-corrected chi connectivity index (χ3v) is 11.8. The lowest BCUT2D eigenvalue weighted by atomic mass is 9.86. The van der Waals surface area contributed by atoms with Gasteiger partial charge in [-0.15, -0.1) is 0 Å². The Hall–Kier alpha value is -3.91. The van der Waals surface area contributed by atoms with Crippen molar-refractivity contribution < 1.29 is 34.7 Å². The molecule has 1 fully saturated rings. The van der Waals surface area contributed by atoms with Gasteiger partial charge in [0.1, 0.15) is 24.4 Å². The van der Waals surface area contributed by atoms with E-state index in [-0.39, 0.29) is 24.3 Å². The molecular weight excluding hydrogens is 686 g/mol. The van der Waals surface area contributed by atoms with Crippen LogP contribution >= 0.6 is 0 Å². The Morgan fingerprint density at radius 2 is 1.59 bits per heavy atom. The molecule has 8 bridgehead atoms. The van der Waals surface area contributed by atoms with Gasteiger partial charge in [0.25, 0.3) is 0 Å². The van der Waals surface area contributed by atoms with Gasteiger partial charge in [0.05, 0.1) is 24.6 Å². The molecule has 0 aromatic carbocycles. The van der Waals surface area contributed by atoms with Crippen molar-refractivity contribution in [1.29, 1.82) is 0 Å². The summed E-state index contributed by atoms with van der Waals surface area (Å²) in [7, 11) is 1.77. The molecule has 0 unspecified atom stereocenters. The van der Waals surface area contributed by atoms with Gasteiger partial charge in [-0.1, -0.05) is 20.8 Å². The normalized spacial score (nSPS) is 24.3. The van der Waals surface area contributed by atoms with Gasteiger partial charge in [0, 0.05) is 65.3 Å². The molecule has 7 atom stereocenters. The molecule has 3 aromatic rings. The highest BCUT2D eigenvalue weighted by Gasteiger charge is 2.44. The van der Waals surface area contributed by atoms with Gasteiger partial charge in [0.2, 0.25) is 5.91 Å². The molecular formula is C42H57N5O7. The number of aromatic amines is 2. The predicted octanol–water partition coefficient (Wildman–Crippen LogP) is 5.48. The highest BCUT2D eigenvalue weighted by Crippen LogP contribution is 2.42. The second kappa shape index (κ2) is 16.4. The van der Waals surface area contributed by atoms with Gasteiger partial charge in [0.15, 0.2) is 6.29 Å². The fourth-order valence-corrected chi connectivity index (χ4v) is 8.20. The maximum Gasteiger partial charge on any atom is 0.222 e. The Bertz CT molecular complexity index is 2070. The van der Waals surface area contributed by atoms with Crippen molar-refractivity contribution >= 4 is 39.1 Å². The Balaban J connectivity index is 1.26. The zero-order chi connectivity index (χ0) is 39.0. The van der Waals surface area contributed by atoms with E-state index < -0.39 is 37.3 Å². The van der Waals surface area contributed by atoms with Crippen LogP contribution in [0.3, 0.4) is 0 Å². The molecule has 0 spiro atoms. The maximum absolute atomic E-state index is 13.5. The second-order valence-corrected chi connectivity index (χ2v) is 15.2. The quantitative estimate of drug-likeness (QED) is 0.139. The fraction of sp³-hybridized carbons (Fsp3) is 0.548. The third-order valence-electron chi connectivity index (χ3n) is 11.8. The van der Waals surface area contributed by atoms with Crippen LogP contribution in [0.5, 0.6) is 0 Å². The highest BCUT2D eigenvalue weighted by molar-refractivity contribution is 5.92. The molecule has 12 nitrogen and oxygen atoms in total. The summed E-state index contributed by atoms with van der Waals surface area (Å²) in [5.41, 5.74) is 15.2. The number of fused-ring (bicyclic) bond motifs is 8. The first-order valence-corrected chi connectivity index (χ1v) is 19.3. The van der Waals surface area contributed by atoms with Crippen LogP contribution in [-0.4, -0.2) is 109 Å². The number of amides is 1. The number of nitrogens with zero attached hydrogens (tertiary/aromatic N) is 3. The number of allylic oxidation sites excluding steroid dienone is 2. The van der Waals surface area contributed by atoms with Gasteiger partial charge in [-0.3, -0.25) is 9.78 Å². The third kappa shape index (κ3) is 7.65. The molecule has 3 aliphatic heterocycles. The van der Waals surface area contributed by atoms with Crippen LogP contribution in [-0.2, 0) is 20.7 Å². The zero-order valence-corrected chi connectivity index (χ0v) is 32.9. The molecule has 6 heterocycles. The van der Waals surface area contributed by atoms with Gasteiger partial charge in [-0.2, -0.15) is 0 Å². The van der Waals surface area contributed by atoms with E-state index in [1.54, 1.807) is 11.9 Å². The number of ether oxygens (including phenoxy) is 2. The van der Waals surface area contributed by atoms with Gasteiger partial charge in [-0.05, 0) is 111 Å². The van der Waals surface area contributed by atoms with Crippen LogP contribution in [0.4, 0.5) is 0 Å². The number of aliphatic hydroxyl groups excluding tert-OH is 4. The van der Waals surface area contributed by atoms with Gasteiger partial charge < -0.3 is 44.8 Å². The average Bonchev–Trinajstić information content (AvgIpc) is 3.86. The minimum atomic E-state index is -1.50. The molecule has 0 aliphatic carbocycles. The topological polar surface area (TPSA) is 177 Å². The molecule has 12 heteroatoms. The van der Waals surface area contributed by atoms with Crippen LogP contribution in [0, 0.1) is 20.8 Å². The minimum Gasteiger partial charge on any atom is -0.394 e. The minimum absolute atomic E-state index is 0.00634. The standard InChI is InChI=1S/C42H57N5O7/c1-9-26-23(5)32-19-35-27(10-2)22(4)31(44-35)18-33-24(6)28(38(46-33)25(7)30-16-21(3)29(43-30)17-34(26)45-32)12-13-37(49)47(8)14-11-15-53-42-41(52)40(51)39(50)36(20-48)54-42/h16-19,24,28,36,39-44,48,50-52H,9-15,20H2,1-8H3/t24-,28-,36+,39+,40-,41+,42+/m0/s1. The number of hydrogen-bond acceptors (Lipinski definition) is 9. The Morgan fingerprint density at radius 1 is 0.889 bits per heavy atom. The van der Waals surface area contributed by atoms with Crippen molar-refractivity contribution in [3.05, 3.63) is 69.3 Å². The SMILES string of the molecule is CCC1=C(C)c2cc3[nH]c(cc4nc(c(C)c5cc(C)c(cc1n2)[nH]5)[C@@H](CCC(=O)N(C)CCCO[C@@H]1O[C@H](CO)[C@@H](O)[C@H](O)[C@H]1O)[C@@H]4C)c(C)c3CC. The number of aromatic nitrogens is 4. The molecule has 6 rings (SSSR count). The molecule has 0 saturated carbocycles. The number of hydrogen-bond donors (Lipinski definition) is 6. The first-order chi connectivity index (χ1) is 25.8. The molecule has 0 radical (unpaired) electrons. The Morgan fingerprint density at radius 3 is 2.30 bits per heavy atom. The van der Waals surface area contributed by atoms with E-state index in [2.05, 4.69) is 82.7 Å². The Labute approximate surface area is 317 Å². The van der Waals surface area contributed by atoms with Crippen molar-refractivity contribution in [3.63, 3.8) is 0 Å². The molecule has 3 aromatic heterocycles. The maximum atomic E-state index is 13.5. The largest absolute Gasteiger partial charge is 0.394 e. The number of nitrogens with one attached hydrogen (secondary N) is 2. The molecule has 54 heavy (non-hydrogen) atoms. The summed E-state index contributed by atoms with van der Waals surface area (Å²) in [6, 6.07) is 8.72. The van der Waals surface area contributed by atoms with E-state index in [0.717, 1.165) is 68.8 Å². The van der Waals surface area contributed by atoms with Crippen LogP contribution < -0.4 is 0 Å². The number of aryl methyl sites for hydroxylation is 4. The number of carbonyl (C=O) groups excluding carboxylic acids is 1. The Kier molecular flexibility index (Phi) is 12.1. The highest BCUT2D eigenvalue weighted by atomic mass is 16.7. The lowest BCUT2D eigenvalue weighted by Gasteiger charge is -2.39. The summed E-state index contributed by atoms with van der Waals surface area (Å²) in [5, 5.41) is 39.7. The summed E-state index contributed by atoms with van der Waals surface area (Å²) < 4.78 is 11.1. The van der Waals surface area contributed by atoms with Gasteiger partial charge >= 0.3 is 0 Å². The van der Waals surface area contributed by atoms with E-state index in [0.29, 0.717) is 25.8 Å². The summed E-state index contributed by atoms with van der Waals surface area (Å²) in [4.78, 5) is 33.0. The number of carbonyl (C=O) groups is 1. The smallest absolute Gasteiger partial charge is 0.222 e. The summed E-state index contributed by atoms with van der Waals surface area (Å²) in [6.07, 6.45) is -3.43. The second-order valence-electron chi connectivity index (χ2n) is 15.2. The van der Waals surface area contributed by atoms with Crippen LogP contribution in [0.1, 0.15) is 110 Å². The van der Waals surface area contributed by atoms with E-state index in [9.17, 15) is 25.2 Å². The average molecular weight is 744 g/mol. The van der Waals surface area contributed by atoms with Crippen molar-refractivity contribution in [2.75, 3.05) is 26.8 Å². The number of H-pyrrole nitrogens is 2. The molecule has 292 valence electrons. The van der Waals surface area contributed by atoms with Crippen LogP contribution in [0.15, 0.2) is 24.3 Å². The predicted molar refractivity (Wildman–Crippen MR) is 210 cm³/mol. The lowest BCUT2D eigenvalue weighted by molar-refractivity contribution is -0.301. The van der Waals surface area contributed by atoms with Crippen molar-refractivity contribution in [3.8, 4) is 0 Å². The van der Waals surface area contributed by atoms with Gasteiger partial charge in [-0.25, -0.2) is 4.98 Å². The van der Waals surface area contributed by atoms with E-state index in [1.807, 2.05) is 0 Å². The number of rotatable bonds is 11. The van der Waals surface area contributed by atoms with E-state index in [1.165, 1.54) is 22.3 Å².